The van der Waals surface area contributed by atoms with Crippen LogP contribution in [0.4, 0.5) is 0 Å². The van der Waals surface area contributed by atoms with Gasteiger partial charge in [0.2, 0.25) is 0 Å². The Hall–Kier alpha value is -1.10. The summed E-state index contributed by atoms with van der Waals surface area (Å²) in [7, 11) is 0. The molecule has 5 heteroatoms. The monoisotopic (exact) mass is 282 g/mol. The zero-order valence-corrected chi connectivity index (χ0v) is 12.5. The maximum absolute atomic E-state index is 12.0. The van der Waals surface area contributed by atoms with E-state index in [9.17, 15) is 9.59 Å². The Labute approximate surface area is 118 Å². The van der Waals surface area contributed by atoms with Crippen molar-refractivity contribution >= 4 is 11.9 Å². The molecule has 5 nitrogen and oxygen atoms in total. The van der Waals surface area contributed by atoms with Gasteiger partial charge in [-0.1, -0.05) is 0 Å². The Balaban J connectivity index is 1.77. The summed E-state index contributed by atoms with van der Waals surface area (Å²) in [5.41, 5.74) is -1.63. The predicted molar refractivity (Wildman–Crippen MR) is 69.8 cm³/mol. The molecule has 3 rings (SSSR count). The highest BCUT2D eigenvalue weighted by atomic mass is 16.6. The Kier molecular flexibility index (Phi) is 2.75. The van der Waals surface area contributed by atoms with Crippen LogP contribution in [0.2, 0.25) is 0 Å². The van der Waals surface area contributed by atoms with E-state index in [-0.39, 0.29) is 30.6 Å². The van der Waals surface area contributed by atoms with Crippen molar-refractivity contribution in [2.24, 2.45) is 16.7 Å². The van der Waals surface area contributed by atoms with Crippen molar-refractivity contribution in [1.29, 1.82) is 0 Å². The Morgan fingerprint density at radius 2 is 2.15 bits per heavy atom. The van der Waals surface area contributed by atoms with Gasteiger partial charge in [-0.15, -0.1) is 0 Å². The summed E-state index contributed by atoms with van der Waals surface area (Å²) in [6.07, 6.45) is 1.55. The maximum atomic E-state index is 12.0. The second-order valence-corrected chi connectivity index (χ2v) is 7.47. The molecule has 3 heterocycles. The molecule has 0 aromatic carbocycles. The third-order valence-corrected chi connectivity index (χ3v) is 5.12. The van der Waals surface area contributed by atoms with Gasteiger partial charge in [-0.05, 0) is 40.5 Å². The molecule has 20 heavy (non-hydrogen) atoms. The molecule has 0 radical (unpaired) electrons. The molecule has 0 spiro atoms. The molecule has 3 aliphatic heterocycles. The molecule has 0 amide bonds. The molecule has 3 aliphatic rings. The van der Waals surface area contributed by atoms with Crippen LogP contribution in [0, 0.1) is 16.7 Å². The smallest absolute Gasteiger partial charge is 0.314 e. The predicted octanol–water partition coefficient (Wildman–Crippen LogP) is 1.69. The number of rotatable bonds is 2. The summed E-state index contributed by atoms with van der Waals surface area (Å²) >= 11 is 0. The van der Waals surface area contributed by atoms with Crippen molar-refractivity contribution in [2.45, 2.75) is 52.2 Å². The van der Waals surface area contributed by atoms with E-state index in [1.54, 1.807) is 0 Å². The van der Waals surface area contributed by atoms with Crippen molar-refractivity contribution in [2.75, 3.05) is 13.2 Å². The number of hydrogen-bond donors (Lipinski definition) is 0. The second-order valence-electron chi connectivity index (χ2n) is 7.47. The second kappa shape index (κ2) is 3.97. The highest BCUT2D eigenvalue weighted by Gasteiger charge is 2.72. The topological polar surface area (TPSA) is 61.8 Å². The number of fused-ring (bicyclic) bond motifs is 5. The van der Waals surface area contributed by atoms with E-state index in [1.165, 1.54) is 0 Å². The van der Waals surface area contributed by atoms with Crippen LogP contribution in [0.1, 0.15) is 40.5 Å². The van der Waals surface area contributed by atoms with E-state index in [0.717, 1.165) is 12.8 Å². The minimum Gasteiger partial charge on any atom is -0.465 e. The van der Waals surface area contributed by atoms with Gasteiger partial charge in [0.05, 0.1) is 18.1 Å². The number of carbonyl (C=O) groups excluding carboxylic acids is 2. The first-order valence-corrected chi connectivity index (χ1v) is 7.22. The quantitative estimate of drug-likeness (QED) is 0.721. The van der Waals surface area contributed by atoms with Gasteiger partial charge in [0, 0.05) is 5.92 Å². The van der Waals surface area contributed by atoms with Gasteiger partial charge >= 0.3 is 11.9 Å². The van der Waals surface area contributed by atoms with E-state index in [4.69, 9.17) is 14.2 Å². The van der Waals surface area contributed by atoms with Gasteiger partial charge in [-0.2, -0.15) is 0 Å². The van der Waals surface area contributed by atoms with E-state index < -0.39 is 16.4 Å². The molecule has 0 aliphatic carbocycles. The van der Waals surface area contributed by atoms with Crippen LogP contribution >= 0.6 is 0 Å². The molecule has 0 aromatic heterocycles. The van der Waals surface area contributed by atoms with Crippen LogP contribution in [0.3, 0.4) is 0 Å². The van der Waals surface area contributed by atoms with Crippen LogP contribution in [0.5, 0.6) is 0 Å². The summed E-state index contributed by atoms with van der Waals surface area (Å²) in [6.45, 7) is 7.99. The van der Waals surface area contributed by atoms with Crippen LogP contribution in [0.25, 0.3) is 0 Å². The van der Waals surface area contributed by atoms with E-state index in [2.05, 4.69) is 0 Å². The Bertz CT molecular complexity index is 465. The Morgan fingerprint density at radius 3 is 2.80 bits per heavy atom. The molecule has 0 N–H and O–H groups in total. The van der Waals surface area contributed by atoms with Crippen LogP contribution in [-0.4, -0.2) is 36.9 Å². The van der Waals surface area contributed by atoms with E-state index in [1.807, 2.05) is 27.7 Å². The zero-order valence-electron chi connectivity index (χ0n) is 12.5. The lowest BCUT2D eigenvalue weighted by molar-refractivity contribution is -0.164. The minimum absolute atomic E-state index is 0.00554. The molecule has 0 aromatic rings. The Morgan fingerprint density at radius 1 is 1.45 bits per heavy atom. The van der Waals surface area contributed by atoms with E-state index >= 15 is 0 Å². The third-order valence-electron chi connectivity index (χ3n) is 5.12. The lowest BCUT2D eigenvalue weighted by Gasteiger charge is -2.34. The molecular weight excluding hydrogens is 260 g/mol. The molecule has 3 fully saturated rings. The van der Waals surface area contributed by atoms with Gasteiger partial charge in [-0.3, -0.25) is 9.59 Å². The number of ether oxygens (including phenoxy) is 3. The normalized spacial score (nSPS) is 42.5. The van der Waals surface area contributed by atoms with Crippen molar-refractivity contribution in [1.82, 2.24) is 0 Å². The summed E-state index contributed by atoms with van der Waals surface area (Å²) < 4.78 is 16.8. The van der Waals surface area contributed by atoms with Crippen molar-refractivity contribution in [3.05, 3.63) is 0 Å². The molecule has 3 saturated heterocycles. The summed E-state index contributed by atoms with van der Waals surface area (Å²) in [5, 5.41) is 0. The number of carbonyl (C=O) groups is 2. The first-order valence-electron chi connectivity index (χ1n) is 7.22. The molecular formula is C15H22O5. The first-order chi connectivity index (χ1) is 9.20. The van der Waals surface area contributed by atoms with Crippen molar-refractivity contribution < 1.29 is 23.8 Å². The highest BCUT2D eigenvalue weighted by molar-refractivity contribution is 5.81. The number of esters is 2. The fourth-order valence-electron chi connectivity index (χ4n) is 3.75. The molecule has 112 valence electrons. The van der Waals surface area contributed by atoms with E-state index in [0.29, 0.717) is 6.61 Å². The summed E-state index contributed by atoms with van der Waals surface area (Å²) in [6, 6.07) is 0. The van der Waals surface area contributed by atoms with Gasteiger partial charge < -0.3 is 14.2 Å². The van der Waals surface area contributed by atoms with Crippen molar-refractivity contribution in [3.8, 4) is 0 Å². The summed E-state index contributed by atoms with van der Waals surface area (Å²) in [4.78, 5) is 24.0. The summed E-state index contributed by atoms with van der Waals surface area (Å²) in [5.74, 6) is -0.414. The van der Waals surface area contributed by atoms with Gasteiger partial charge in [0.25, 0.3) is 0 Å². The number of hydrogen-bond acceptors (Lipinski definition) is 5. The van der Waals surface area contributed by atoms with Crippen molar-refractivity contribution in [3.63, 3.8) is 0 Å². The zero-order chi connectivity index (χ0) is 14.8. The fourth-order valence-corrected chi connectivity index (χ4v) is 3.75. The maximum Gasteiger partial charge on any atom is 0.314 e. The third kappa shape index (κ3) is 1.65. The minimum atomic E-state index is -0.563. The average molecular weight is 282 g/mol. The van der Waals surface area contributed by atoms with Gasteiger partial charge in [0.15, 0.2) is 0 Å². The molecule has 4 atom stereocenters. The lowest BCUT2D eigenvalue weighted by atomic mass is 9.64. The van der Waals surface area contributed by atoms with Crippen LogP contribution in [-0.2, 0) is 23.8 Å². The average Bonchev–Trinajstić information content (AvgIpc) is 2.97. The molecule has 0 saturated carbocycles. The van der Waals surface area contributed by atoms with Gasteiger partial charge in [-0.25, -0.2) is 0 Å². The fraction of sp³-hybridized carbons (Fsp3) is 0.867. The first kappa shape index (κ1) is 13.9. The van der Waals surface area contributed by atoms with Gasteiger partial charge in [0.1, 0.15) is 17.6 Å². The molecule has 2 bridgehead atoms. The van der Waals surface area contributed by atoms with Crippen LogP contribution in [0.15, 0.2) is 0 Å². The number of cyclic esters (lactones) is 1. The van der Waals surface area contributed by atoms with Crippen LogP contribution < -0.4 is 0 Å². The SMILES string of the molecule is CC(C)(C)C(=O)OC[C@@]12CC[C@@H](O1)[C@]1(C)C(=O)OC[C@H]21. The highest BCUT2D eigenvalue weighted by Crippen LogP contribution is 2.61. The lowest BCUT2D eigenvalue weighted by Crippen LogP contribution is -2.47. The molecule has 0 unspecified atom stereocenters. The standard InChI is InChI=1S/C15H22O5/c1-13(2,3)11(16)19-8-15-6-5-10(20-15)14(4)9(15)7-18-12(14)17/h9-10H,5-8H2,1-4H3/t9-,10+,14+,15+/m0/s1. The largest absolute Gasteiger partial charge is 0.465 e.